The second-order valence-electron chi connectivity index (χ2n) is 12.7. The molecule has 42 heavy (non-hydrogen) atoms. The predicted molar refractivity (Wildman–Crippen MR) is 168 cm³/mol. The van der Waals surface area contributed by atoms with Crippen molar-refractivity contribution >= 4 is 11.6 Å². The van der Waals surface area contributed by atoms with E-state index >= 15 is 8.78 Å². The first-order chi connectivity index (χ1) is 20.5. The van der Waals surface area contributed by atoms with Gasteiger partial charge in [0.15, 0.2) is 0 Å². The highest BCUT2D eigenvalue weighted by Crippen LogP contribution is 2.42. The third-order valence-electron chi connectivity index (χ3n) is 9.78. The van der Waals surface area contributed by atoms with E-state index in [1.54, 1.807) is 30.7 Å². The van der Waals surface area contributed by atoms with Crippen LogP contribution in [0.15, 0.2) is 43.4 Å². The molecule has 6 rings (SSSR count). The Bertz CT molecular complexity index is 1140. The highest BCUT2D eigenvalue weighted by molar-refractivity contribution is 5.59. The number of benzene rings is 1. The van der Waals surface area contributed by atoms with Crippen LogP contribution in [-0.2, 0) is 12.5 Å². The Morgan fingerprint density at radius 2 is 1.64 bits per heavy atom. The van der Waals surface area contributed by atoms with Crippen molar-refractivity contribution in [3.05, 3.63) is 60.1 Å². The summed E-state index contributed by atoms with van der Waals surface area (Å²) in [5.41, 5.74) is 1.97. The Hall–Kier alpha value is -2.58. The number of halogens is 2. The number of anilines is 2. The van der Waals surface area contributed by atoms with E-state index in [-0.39, 0.29) is 11.6 Å². The van der Waals surface area contributed by atoms with E-state index in [1.807, 2.05) is 13.0 Å². The minimum Gasteiger partial charge on any atom is -0.363 e. The molecule has 2 N–H and O–H groups in total. The van der Waals surface area contributed by atoms with Gasteiger partial charge in [0.2, 0.25) is 0 Å². The molecule has 2 fully saturated rings. The number of rotatable bonds is 3. The number of nitrogens with one attached hydrogen (secondary N) is 2. The maximum atomic E-state index is 15.8. The van der Waals surface area contributed by atoms with Crippen molar-refractivity contribution in [2.45, 2.75) is 109 Å². The summed E-state index contributed by atoms with van der Waals surface area (Å²) >= 11 is 0. The second-order valence-corrected chi connectivity index (χ2v) is 12.7. The van der Waals surface area contributed by atoms with E-state index in [9.17, 15) is 0 Å². The number of fused-ring (bicyclic) bond motifs is 11. The summed E-state index contributed by atoms with van der Waals surface area (Å²) in [4.78, 5) is 14.3. The van der Waals surface area contributed by atoms with Gasteiger partial charge in [-0.15, -0.1) is 0 Å². The molecule has 1 saturated heterocycles. The third kappa shape index (κ3) is 7.67. The molecule has 1 saturated carbocycles. The van der Waals surface area contributed by atoms with Crippen LogP contribution in [0, 0.1) is 5.92 Å². The zero-order chi connectivity index (χ0) is 29.4. The fourth-order valence-electron chi connectivity index (χ4n) is 7.19. The molecule has 4 aliphatic rings. The lowest BCUT2D eigenvalue weighted by atomic mass is 9.85. The van der Waals surface area contributed by atoms with Crippen molar-refractivity contribution in [1.82, 2.24) is 19.8 Å². The van der Waals surface area contributed by atoms with E-state index in [2.05, 4.69) is 37.0 Å². The van der Waals surface area contributed by atoms with Gasteiger partial charge >= 0.3 is 0 Å². The van der Waals surface area contributed by atoms with Crippen LogP contribution in [0.1, 0.15) is 107 Å². The molecule has 6 nitrogen and oxygen atoms in total. The molecule has 1 unspecified atom stereocenters. The molecule has 2 aromatic rings. The van der Waals surface area contributed by atoms with Gasteiger partial charge in [-0.05, 0) is 89.5 Å². The topological polar surface area (TPSA) is 56.3 Å². The monoisotopic (exact) mass is 580 g/mol. The van der Waals surface area contributed by atoms with E-state index in [0.717, 1.165) is 61.9 Å². The van der Waals surface area contributed by atoms with Crippen LogP contribution >= 0.6 is 0 Å². The van der Waals surface area contributed by atoms with Crippen molar-refractivity contribution in [3.63, 3.8) is 0 Å². The molecule has 3 aliphatic heterocycles. The van der Waals surface area contributed by atoms with Gasteiger partial charge in [-0.2, -0.15) is 0 Å². The zero-order valence-electron chi connectivity index (χ0n) is 25.5. The van der Waals surface area contributed by atoms with Crippen molar-refractivity contribution in [1.29, 1.82) is 0 Å². The SMILES string of the molecule is C=CNc1ncnc2c1CN(C1CCCCC1)CCCCCCCN1CCC(CC1)C(F)(F)c1cccc(c1)C(C)N2. The fourth-order valence-corrected chi connectivity index (χ4v) is 7.19. The zero-order valence-corrected chi connectivity index (χ0v) is 25.5. The maximum absolute atomic E-state index is 15.8. The molecule has 4 heterocycles. The molecule has 0 spiro atoms. The Kier molecular flexibility index (Phi) is 10.8. The van der Waals surface area contributed by atoms with Gasteiger partial charge < -0.3 is 15.5 Å². The molecule has 1 atom stereocenters. The highest BCUT2D eigenvalue weighted by atomic mass is 19.3. The number of aromatic nitrogens is 2. The van der Waals surface area contributed by atoms with Crippen LogP contribution in [0.3, 0.4) is 0 Å². The Labute approximate surface area is 251 Å². The Morgan fingerprint density at radius 3 is 2.40 bits per heavy atom. The quantitative estimate of drug-likeness (QED) is 0.383. The van der Waals surface area contributed by atoms with Crippen LogP contribution in [-0.4, -0.2) is 52.0 Å². The summed E-state index contributed by atoms with van der Waals surface area (Å²) < 4.78 is 31.7. The normalized spacial score (nSPS) is 26.8. The van der Waals surface area contributed by atoms with E-state index in [4.69, 9.17) is 0 Å². The van der Waals surface area contributed by atoms with Crippen LogP contribution in [0.5, 0.6) is 0 Å². The lowest BCUT2D eigenvalue weighted by molar-refractivity contribution is -0.0855. The van der Waals surface area contributed by atoms with Gasteiger partial charge in [-0.3, -0.25) is 4.90 Å². The summed E-state index contributed by atoms with van der Waals surface area (Å²) in [5.74, 6) is -1.96. The molecule has 0 amide bonds. The lowest BCUT2D eigenvalue weighted by Crippen LogP contribution is -2.40. The highest BCUT2D eigenvalue weighted by Gasteiger charge is 2.42. The minimum atomic E-state index is -2.85. The Balaban J connectivity index is 1.45. The van der Waals surface area contributed by atoms with Crippen LogP contribution in [0.25, 0.3) is 0 Å². The van der Waals surface area contributed by atoms with Crippen molar-refractivity contribution < 1.29 is 8.78 Å². The molecule has 4 bridgehead atoms. The van der Waals surface area contributed by atoms with Crippen LogP contribution in [0.4, 0.5) is 20.4 Å². The molecular formula is C34H50F2N6. The molecule has 1 aromatic carbocycles. The van der Waals surface area contributed by atoms with Gasteiger partial charge in [0.1, 0.15) is 18.0 Å². The summed E-state index contributed by atoms with van der Waals surface area (Å²) in [6, 6.07) is 7.37. The number of piperidine rings is 1. The summed E-state index contributed by atoms with van der Waals surface area (Å²) in [5, 5.41) is 6.81. The first-order valence-corrected chi connectivity index (χ1v) is 16.4. The van der Waals surface area contributed by atoms with Gasteiger partial charge in [0.25, 0.3) is 5.92 Å². The van der Waals surface area contributed by atoms with Gasteiger partial charge in [0.05, 0.1) is 5.56 Å². The predicted octanol–water partition coefficient (Wildman–Crippen LogP) is 8.11. The molecule has 1 aliphatic carbocycles. The molecule has 1 aromatic heterocycles. The summed E-state index contributed by atoms with van der Waals surface area (Å²) in [6.07, 6.45) is 16.7. The minimum absolute atomic E-state index is 0.124. The molecule has 0 radical (unpaired) electrons. The van der Waals surface area contributed by atoms with Gasteiger partial charge in [0, 0.05) is 30.1 Å². The van der Waals surface area contributed by atoms with Gasteiger partial charge in [-0.25, -0.2) is 18.7 Å². The second kappa shape index (κ2) is 14.7. The van der Waals surface area contributed by atoms with E-state index in [0.29, 0.717) is 18.9 Å². The van der Waals surface area contributed by atoms with Crippen LogP contribution < -0.4 is 10.6 Å². The maximum Gasteiger partial charge on any atom is 0.276 e. The average molecular weight is 581 g/mol. The number of nitrogens with zero attached hydrogens (tertiary/aromatic N) is 4. The molecular weight excluding hydrogens is 530 g/mol. The van der Waals surface area contributed by atoms with E-state index in [1.165, 1.54) is 57.8 Å². The Morgan fingerprint density at radius 1 is 0.929 bits per heavy atom. The van der Waals surface area contributed by atoms with Gasteiger partial charge in [-0.1, -0.05) is 63.3 Å². The average Bonchev–Trinajstić information content (AvgIpc) is 3.01. The molecule has 230 valence electrons. The van der Waals surface area contributed by atoms with Crippen molar-refractivity contribution in [3.8, 4) is 0 Å². The smallest absolute Gasteiger partial charge is 0.276 e. The third-order valence-corrected chi connectivity index (χ3v) is 9.78. The van der Waals surface area contributed by atoms with Crippen LogP contribution in [0.2, 0.25) is 0 Å². The van der Waals surface area contributed by atoms with Crippen molar-refractivity contribution in [2.24, 2.45) is 5.92 Å². The largest absolute Gasteiger partial charge is 0.363 e. The van der Waals surface area contributed by atoms with E-state index < -0.39 is 11.8 Å². The number of hydrogen-bond acceptors (Lipinski definition) is 6. The number of hydrogen-bond donors (Lipinski definition) is 2. The fraction of sp³-hybridized carbons (Fsp3) is 0.647. The molecule has 8 heteroatoms. The summed E-state index contributed by atoms with van der Waals surface area (Å²) in [6.45, 7) is 10.3. The number of alkyl halides is 2. The lowest BCUT2D eigenvalue weighted by Gasteiger charge is -2.36. The standard InChI is InChI=1S/C34H50F2N6/c1-3-37-32-31-24-42(30-15-8-7-9-16-30)20-11-6-4-5-10-19-41-21-17-28(18-22-41)34(35,36)29-14-12-13-27(23-29)26(2)40-33(31)39-25-38-32/h3,12-14,23,25-26,28,30H,1,4-11,15-22,24H2,2H3,(H2,37,38,39,40). The van der Waals surface area contributed by atoms with Crippen molar-refractivity contribution in [2.75, 3.05) is 36.8 Å². The first kappa shape index (κ1) is 30.9. The summed E-state index contributed by atoms with van der Waals surface area (Å²) in [7, 11) is 0. The first-order valence-electron chi connectivity index (χ1n) is 16.4.